The Morgan fingerprint density at radius 3 is 2.91 bits per heavy atom. The lowest BCUT2D eigenvalue weighted by Crippen LogP contribution is -2.25. The van der Waals surface area contributed by atoms with Gasteiger partial charge in [-0.25, -0.2) is 4.98 Å². The summed E-state index contributed by atoms with van der Waals surface area (Å²) in [4.78, 5) is 11.4. The summed E-state index contributed by atoms with van der Waals surface area (Å²) in [5.41, 5.74) is 5.96. The first-order valence-electron chi connectivity index (χ1n) is 7.49. The fourth-order valence-corrected chi connectivity index (χ4v) is 2.88. The Kier molecular flexibility index (Phi) is 3.11. The van der Waals surface area contributed by atoms with E-state index >= 15 is 0 Å². The molecule has 1 aliphatic heterocycles. The summed E-state index contributed by atoms with van der Waals surface area (Å²) in [6.45, 7) is 1.10. The van der Waals surface area contributed by atoms with Gasteiger partial charge < -0.3 is 4.90 Å². The van der Waals surface area contributed by atoms with Crippen LogP contribution in [0.1, 0.15) is 12.1 Å². The van der Waals surface area contributed by atoms with Crippen molar-refractivity contribution < 1.29 is 0 Å². The molecule has 5 heteroatoms. The second-order valence-corrected chi connectivity index (χ2v) is 5.57. The van der Waals surface area contributed by atoms with E-state index < -0.39 is 0 Å². The van der Waals surface area contributed by atoms with E-state index in [0.717, 1.165) is 47.9 Å². The lowest BCUT2D eigenvalue weighted by atomic mass is 10.1. The van der Waals surface area contributed by atoms with Crippen LogP contribution in [0.25, 0.3) is 22.8 Å². The van der Waals surface area contributed by atoms with Gasteiger partial charge in [0.05, 0.1) is 28.5 Å². The molecule has 0 amide bonds. The molecule has 1 aliphatic rings. The fourth-order valence-electron chi connectivity index (χ4n) is 2.88. The summed E-state index contributed by atoms with van der Waals surface area (Å²) >= 11 is 0. The van der Waals surface area contributed by atoms with Crippen molar-refractivity contribution in [1.82, 2.24) is 20.2 Å². The minimum absolute atomic E-state index is 0.858. The summed E-state index contributed by atoms with van der Waals surface area (Å²) in [6.07, 6.45) is 3.97. The number of aromatic amines is 1. The number of anilines is 1. The van der Waals surface area contributed by atoms with Crippen molar-refractivity contribution in [1.29, 1.82) is 0 Å². The predicted octanol–water partition coefficient (Wildman–Crippen LogP) is 2.92. The number of nitrogens with zero attached hydrogens (tertiary/aromatic N) is 4. The molecule has 4 heterocycles. The Labute approximate surface area is 129 Å². The number of hydrogen-bond acceptors (Lipinski definition) is 4. The second-order valence-electron chi connectivity index (χ2n) is 5.57. The molecule has 0 radical (unpaired) electrons. The maximum Gasteiger partial charge on any atom is 0.111 e. The molecule has 0 unspecified atom stereocenters. The lowest BCUT2D eigenvalue weighted by Gasteiger charge is -2.26. The number of pyridine rings is 2. The molecule has 3 aromatic rings. The predicted molar refractivity (Wildman–Crippen MR) is 86.6 cm³/mol. The summed E-state index contributed by atoms with van der Waals surface area (Å²) in [6, 6.07) is 12.0. The second kappa shape index (κ2) is 5.26. The van der Waals surface area contributed by atoms with Gasteiger partial charge in [0.25, 0.3) is 0 Å². The average Bonchev–Trinajstić information content (AvgIpc) is 3.06. The Morgan fingerprint density at radius 2 is 2.05 bits per heavy atom. The van der Waals surface area contributed by atoms with Crippen LogP contribution in [0.15, 0.2) is 42.6 Å². The molecule has 0 spiro atoms. The van der Waals surface area contributed by atoms with Gasteiger partial charge in [0.2, 0.25) is 0 Å². The van der Waals surface area contributed by atoms with Gasteiger partial charge in [-0.15, -0.1) is 0 Å². The first-order chi connectivity index (χ1) is 10.8. The van der Waals surface area contributed by atoms with Crippen LogP contribution in [-0.2, 0) is 6.42 Å². The highest BCUT2D eigenvalue weighted by molar-refractivity contribution is 5.66. The number of hydrogen-bond donors (Lipinski definition) is 1. The third kappa shape index (κ3) is 2.24. The van der Waals surface area contributed by atoms with Gasteiger partial charge in [-0.3, -0.25) is 10.1 Å². The maximum atomic E-state index is 4.80. The van der Waals surface area contributed by atoms with E-state index in [2.05, 4.69) is 33.2 Å². The summed E-state index contributed by atoms with van der Waals surface area (Å²) < 4.78 is 0. The molecule has 5 nitrogen and oxygen atoms in total. The molecule has 0 saturated carbocycles. The van der Waals surface area contributed by atoms with E-state index in [4.69, 9.17) is 4.98 Å². The van der Waals surface area contributed by atoms with Gasteiger partial charge in [0.15, 0.2) is 0 Å². The van der Waals surface area contributed by atoms with Crippen molar-refractivity contribution in [2.24, 2.45) is 0 Å². The highest BCUT2D eigenvalue weighted by Crippen LogP contribution is 2.28. The molecule has 0 aliphatic carbocycles. The van der Waals surface area contributed by atoms with Gasteiger partial charge in [0.1, 0.15) is 5.69 Å². The molecule has 3 aromatic heterocycles. The molecule has 22 heavy (non-hydrogen) atoms. The Bertz CT molecular complexity index is 794. The molecule has 0 fully saturated rings. The first kappa shape index (κ1) is 13.0. The molecule has 4 rings (SSSR count). The SMILES string of the molecule is CN1CCCc2nc(-c3cc(-c4ccccn4)[nH]n3)ccc21. The number of H-pyrrole nitrogens is 1. The standard InChI is InChI=1S/C17H17N5/c1-22-10-4-6-14-17(22)8-7-13(19-14)16-11-15(20-21-16)12-5-2-3-9-18-12/h2-3,5,7-9,11H,4,6,10H2,1H3,(H,20,21). The van der Waals surface area contributed by atoms with Gasteiger partial charge in [-0.05, 0) is 43.2 Å². The van der Waals surface area contributed by atoms with Gasteiger partial charge in [-0.2, -0.15) is 5.10 Å². The number of nitrogens with one attached hydrogen (secondary N) is 1. The molecule has 0 saturated heterocycles. The molecule has 0 bridgehead atoms. The Balaban J connectivity index is 1.70. The van der Waals surface area contributed by atoms with Crippen LogP contribution in [0.3, 0.4) is 0 Å². The van der Waals surface area contributed by atoms with E-state index in [9.17, 15) is 0 Å². The van der Waals surface area contributed by atoms with Gasteiger partial charge >= 0.3 is 0 Å². The third-order valence-corrected chi connectivity index (χ3v) is 4.05. The summed E-state index contributed by atoms with van der Waals surface area (Å²) in [7, 11) is 2.12. The summed E-state index contributed by atoms with van der Waals surface area (Å²) in [5.74, 6) is 0. The van der Waals surface area contributed by atoms with Crippen molar-refractivity contribution in [2.45, 2.75) is 12.8 Å². The third-order valence-electron chi connectivity index (χ3n) is 4.05. The van der Waals surface area contributed by atoms with Crippen LogP contribution in [-0.4, -0.2) is 33.8 Å². The van der Waals surface area contributed by atoms with Crippen molar-refractivity contribution in [2.75, 3.05) is 18.5 Å². The van der Waals surface area contributed by atoms with E-state index in [1.807, 2.05) is 30.3 Å². The maximum absolute atomic E-state index is 4.80. The number of aromatic nitrogens is 4. The normalized spacial score (nSPS) is 14.0. The van der Waals surface area contributed by atoms with E-state index in [1.165, 1.54) is 5.69 Å². The molecule has 0 aromatic carbocycles. The zero-order valence-electron chi connectivity index (χ0n) is 12.5. The highest BCUT2D eigenvalue weighted by atomic mass is 15.1. The van der Waals surface area contributed by atoms with Crippen molar-refractivity contribution in [3.8, 4) is 22.8 Å². The monoisotopic (exact) mass is 291 g/mol. The number of rotatable bonds is 2. The van der Waals surface area contributed by atoms with Gasteiger partial charge in [0, 0.05) is 19.8 Å². The van der Waals surface area contributed by atoms with E-state index in [1.54, 1.807) is 6.20 Å². The lowest BCUT2D eigenvalue weighted by molar-refractivity contribution is 0.725. The molecular weight excluding hydrogens is 274 g/mol. The van der Waals surface area contributed by atoms with Crippen LogP contribution in [0, 0.1) is 0 Å². The highest BCUT2D eigenvalue weighted by Gasteiger charge is 2.16. The first-order valence-corrected chi connectivity index (χ1v) is 7.49. The minimum atomic E-state index is 0.858. The van der Waals surface area contributed by atoms with Crippen molar-refractivity contribution in [3.05, 3.63) is 48.3 Å². The molecule has 1 N–H and O–H groups in total. The van der Waals surface area contributed by atoms with Crippen molar-refractivity contribution in [3.63, 3.8) is 0 Å². The number of aryl methyl sites for hydroxylation is 1. The van der Waals surface area contributed by atoms with Crippen LogP contribution in [0.4, 0.5) is 5.69 Å². The van der Waals surface area contributed by atoms with E-state index in [-0.39, 0.29) is 0 Å². The topological polar surface area (TPSA) is 57.7 Å². The molecular formula is C17H17N5. The quantitative estimate of drug-likeness (QED) is 0.788. The van der Waals surface area contributed by atoms with Crippen molar-refractivity contribution >= 4 is 5.69 Å². The van der Waals surface area contributed by atoms with Gasteiger partial charge in [-0.1, -0.05) is 6.07 Å². The smallest absolute Gasteiger partial charge is 0.111 e. The molecule has 0 atom stereocenters. The average molecular weight is 291 g/mol. The van der Waals surface area contributed by atoms with Crippen LogP contribution >= 0.6 is 0 Å². The zero-order chi connectivity index (χ0) is 14.9. The van der Waals surface area contributed by atoms with E-state index in [0.29, 0.717) is 0 Å². The molecule has 110 valence electrons. The summed E-state index contributed by atoms with van der Waals surface area (Å²) in [5, 5.41) is 7.44. The van der Waals surface area contributed by atoms with Crippen LogP contribution < -0.4 is 4.90 Å². The number of fused-ring (bicyclic) bond motifs is 1. The van der Waals surface area contributed by atoms with Crippen LogP contribution in [0.5, 0.6) is 0 Å². The minimum Gasteiger partial charge on any atom is -0.373 e. The Hall–Kier alpha value is -2.69. The Morgan fingerprint density at radius 1 is 1.09 bits per heavy atom. The zero-order valence-corrected chi connectivity index (χ0v) is 12.5. The fraction of sp³-hybridized carbons (Fsp3) is 0.235. The van der Waals surface area contributed by atoms with Crippen LogP contribution in [0.2, 0.25) is 0 Å². The largest absolute Gasteiger partial charge is 0.373 e.